The number of nitro groups is 1. The number of nitrogens with zero attached hydrogens (tertiary/aromatic N) is 5. The second kappa shape index (κ2) is 11.0. The first-order chi connectivity index (χ1) is 16.9. The van der Waals surface area contributed by atoms with E-state index in [4.69, 9.17) is 4.74 Å². The number of anilines is 2. The summed E-state index contributed by atoms with van der Waals surface area (Å²) < 4.78 is 5.84. The van der Waals surface area contributed by atoms with Gasteiger partial charge in [-0.3, -0.25) is 19.8 Å². The minimum atomic E-state index is -0.491. The van der Waals surface area contributed by atoms with Crippen molar-refractivity contribution in [2.45, 2.75) is 19.9 Å². The maximum absolute atomic E-state index is 11.7. The Morgan fingerprint density at radius 2 is 1.86 bits per heavy atom. The highest BCUT2D eigenvalue weighted by Crippen LogP contribution is 2.29. The number of hydrogen-bond donors (Lipinski definition) is 1. The van der Waals surface area contributed by atoms with Crippen LogP contribution in [0.5, 0.6) is 11.6 Å². The van der Waals surface area contributed by atoms with Crippen molar-refractivity contribution in [2.24, 2.45) is 0 Å². The first kappa shape index (κ1) is 24.2. The van der Waals surface area contributed by atoms with E-state index in [1.54, 1.807) is 6.07 Å². The summed E-state index contributed by atoms with van der Waals surface area (Å²) in [5.74, 6) is 0.707. The number of nitro benzene ring substituents is 1. The minimum absolute atomic E-state index is 0.0898. The van der Waals surface area contributed by atoms with E-state index in [1.807, 2.05) is 19.1 Å². The van der Waals surface area contributed by atoms with E-state index in [1.165, 1.54) is 23.8 Å². The van der Waals surface area contributed by atoms with Gasteiger partial charge < -0.3 is 15.0 Å². The summed E-state index contributed by atoms with van der Waals surface area (Å²) in [5.41, 5.74) is 2.52. The van der Waals surface area contributed by atoms with E-state index >= 15 is 0 Å². The number of aldehydes is 1. The van der Waals surface area contributed by atoms with E-state index < -0.39 is 4.92 Å². The van der Waals surface area contributed by atoms with Crippen molar-refractivity contribution in [3.63, 3.8) is 0 Å². The molecule has 0 saturated carbocycles. The summed E-state index contributed by atoms with van der Waals surface area (Å²) in [5, 5.41) is 14.2. The summed E-state index contributed by atoms with van der Waals surface area (Å²) in [6, 6.07) is 13.8. The van der Waals surface area contributed by atoms with Gasteiger partial charge >= 0.3 is 0 Å². The first-order valence-electron chi connectivity index (χ1n) is 11.5. The Bertz CT molecular complexity index is 1190. The summed E-state index contributed by atoms with van der Waals surface area (Å²) >= 11 is 0. The monoisotopic (exact) mass is 476 g/mol. The Balaban J connectivity index is 1.52. The fourth-order valence-corrected chi connectivity index (χ4v) is 3.82. The van der Waals surface area contributed by atoms with Crippen molar-refractivity contribution in [2.75, 3.05) is 38.5 Å². The zero-order valence-electron chi connectivity index (χ0n) is 19.8. The molecule has 1 aliphatic rings. The van der Waals surface area contributed by atoms with Gasteiger partial charge in [0.25, 0.3) is 5.69 Å². The molecule has 10 heteroatoms. The Hall–Kier alpha value is -3.89. The van der Waals surface area contributed by atoms with Crippen molar-refractivity contribution >= 4 is 23.5 Å². The minimum Gasteiger partial charge on any atom is -0.437 e. The van der Waals surface area contributed by atoms with Crippen LogP contribution >= 0.6 is 0 Å². The zero-order valence-corrected chi connectivity index (χ0v) is 19.8. The van der Waals surface area contributed by atoms with Crippen molar-refractivity contribution in [3.8, 4) is 11.6 Å². The smallest absolute Gasteiger partial charge is 0.273 e. The molecular formula is C25H28N6O4. The van der Waals surface area contributed by atoms with Crippen LogP contribution in [-0.2, 0) is 13.0 Å². The number of non-ortho nitro benzene ring substituents is 1. The highest BCUT2D eigenvalue weighted by Gasteiger charge is 2.17. The number of ether oxygens (including phenoxy) is 1. The molecule has 182 valence electrons. The van der Waals surface area contributed by atoms with Gasteiger partial charge in [0.05, 0.1) is 11.0 Å². The Labute approximate surface area is 203 Å². The number of aromatic nitrogens is 2. The van der Waals surface area contributed by atoms with Gasteiger partial charge in [-0.25, -0.2) is 4.98 Å². The van der Waals surface area contributed by atoms with Gasteiger partial charge in [-0.2, -0.15) is 4.98 Å². The standard InChI is InChI=1S/C25H28N6O4/c1-3-22-25(35-21-6-4-5-20(15-21)31(33)34)28-24(23(17-32)27-22)26-19-9-7-18(8-10-19)16-30-13-11-29(2)12-14-30/h4-10,15,17H,3,11-14,16H2,1-2H3,(H,26,28). The fraction of sp³-hybridized carbons (Fsp3) is 0.320. The van der Waals surface area contributed by atoms with Gasteiger partial charge in [0.1, 0.15) is 17.1 Å². The fourth-order valence-electron chi connectivity index (χ4n) is 3.82. The van der Waals surface area contributed by atoms with Gasteiger partial charge in [-0.15, -0.1) is 0 Å². The molecule has 0 radical (unpaired) electrons. The average Bonchev–Trinajstić information content (AvgIpc) is 2.87. The zero-order chi connectivity index (χ0) is 24.8. The molecule has 0 aliphatic carbocycles. The third-order valence-corrected chi connectivity index (χ3v) is 5.87. The van der Waals surface area contributed by atoms with E-state index in [2.05, 4.69) is 44.3 Å². The topological polar surface area (TPSA) is 114 Å². The Kier molecular flexibility index (Phi) is 7.64. The number of aryl methyl sites for hydroxylation is 1. The first-order valence-corrected chi connectivity index (χ1v) is 11.5. The molecule has 0 spiro atoms. The molecule has 1 aromatic heterocycles. The second-order valence-electron chi connectivity index (χ2n) is 8.44. The number of benzene rings is 2. The summed E-state index contributed by atoms with van der Waals surface area (Å²) in [6.45, 7) is 6.99. The predicted octanol–water partition coefficient (Wildman–Crippen LogP) is 4.04. The molecule has 4 rings (SSSR count). The highest BCUT2D eigenvalue weighted by atomic mass is 16.6. The third kappa shape index (κ3) is 6.17. The molecular weight excluding hydrogens is 448 g/mol. The van der Waals surface area contributed by atoms with Crippen LogP contribution in [0.25, 0.3) is 0 Å². The number of likely N-dealkylation sites (N-methyl/N-ethyl adjacent to an activating group) is 1. The summed E-state index contributed by atoms with van der Waals surface area (Å²) in [7, 11) is 2.14. The van der Waals surface area contributed by atoms with E-state index in [9.17, 15) is 14.9 Å². The van der Waals surface area contributed by atoms with Crippen molar-refractivity contribution in [3.05, 3.63) is 75.6 Å². The van der Waals surface area contributed by atoms with Crippen LogP contribution < -0.4 is 10.1 Å². The van der Waals surface area contributed by atoms with Crippen molar-refractivity contribution in [1.82, 2.24) is 19.8 Å². The number of carbonyl (C=O) groups is 1. The maximum atomic E-state index is 11.7. The lowest BCUT2D eigenvalue weighted by molar-refractivity contribution is -0.384. The molecule has 0 amide bonds. The lowest BCUT2D eigenvalue weighted by Crippen LogP contribution is -2.43. The van der Waals surface area contributed by atoms with Crippen molar-refractivity contribution in [1.29, 1.82) is 0 Å². The number of rotatable bonds is 9. The van der Waals surface area contributed by atoms with E-state index in [-0.39, 0.29) is 28.8 Å². The van der Waals surface area contributed by atoms with Crippen LogP contribution in [-0.4, -0.2) is 64.2 Å². The number of piperazine rings is 1. The van der Waals surface area contributed by atoms with Crippen LogP contribution in [0.15, 0.2) is 48.5 Å². The van der Waals surface area contributed by atoms with Gasteiger partial charge in [-0.05, 0) is 37.2 Å². The summed E-state index contributed by atoms with van der Waals surface area (Å²) in [4.78, 5) is 36.0. The normalized spacial score (nSPS) is 14.5. The lowest BCUT2D eigenvalue weighted by atomic mass is 10.1. The van der Waals surface area contributed by atoms with Crippen LogP contribution in [0, 0.1) is 10.1 Å². The molecule has 1 N–H and O–H groups in total. The molecule has 1 fully saturated rings. The average molecular weight is 477 g/mol. The van der Waals surface area contributed by atoms with Gasteiger partial charge in [0.15, 0.2) is 12.1 Å². The van der Waals surface area contributed by atoms with Crippen LogP contribution in [0.3, 0.4) is 0 Å². The van der Waals surface area contributed by atoms with Crippen molar-refractivity contribution < 1.29 is 14.5 Å². The number of carbonyl (C=O) groups excluding carboxylic acids is 1. The van der Waals surface area contributed by atoms with Gasteiger partial charge in [0, 0.05) is 44.5 Å². The summed E-state index contributed by atoms with van der Waals surface area (Å²) in [6.07, 6.45) is 1.12. The predicted molar refractivity (Wildman–Crippen MR) is 132 cm³/mol. The van der Waals surface area contributed by atoms with E-state index in [0.29, 0.717) is 18.4 Å². The van der Waals surface area contributed by atoms with E-state index in [0.717, 1.165) is 38.4 Å². The largest absolute Gasteiger partial charge is 0.437 e. The molecule has 1 saturated heterocycles. The molecule has 2 heterocycles. The molecule has 3 aromatic rings. The Morgan fingerprint density at radius 1 is 1.11 bits per heavy atom. The van der Waals surface area contributed by atoms with Crippen LogP contribution in [0.2, 0.25) is 0 Å². The molecule has 0 unspecified atom stereocenters. The van der Waals surface area contributed by atoms with Gasteiger partial charge in [0.2, 0.25) is 5.88 Å². The SMILES string of the molecule is CCc1nc(C=O)c(Nc2ccc(CN3CCN(C)CC3)cc2)nc1Oc1cccc([N+](=O)[O-])c1. The molecule has 10 nitrogen and oxygen atoms in total. The van der Waals surface area contributed by atoms with Crippen LogP contribution in [0.1, 0.15) is 28.7 Å². The highest BCUT2D eigenvalue weighted by molar-refractivity contribution is 5.82. The van der Waals surface area contributed by atoms with Gasteiger partial charge in [-0.1, -0.05) is 25.1 Å². The second-order valence-corrected chi connectivity index (χ2v) is 8.44. The molecule has 1 aliphatic heterocycles. The Morgan fingerprint density at radius 3 is 2.51 bits per heavy atom. The lowest BCUT2D eigenvalue weighted by Gasteiger charge is -2.32. The third-order valence-electron chi connectivity index (χ3n) is 5.87. The molecule has 35 heavy (non-hydrogen) atoms. The quantitative estimate of drug-likeness (QED) is 0.278. The molecule has 0 bridgehead atoms. The van der Waals surface area contributed by atoms with Crippen LogP contribution in [0.4, 0.5) is 17.2 Å². The molecule has 0 atom stereocenters. The number of hydrogen-bond acceptors (Lipinski definition) is 9. The molecule has 2 aromatic carbocycles. The maximum Gasteiger partial charge on any atom is 0.273 e. The number of nitrogens with one attached hydrogen (secondary N) is 1.